The summed E-state index contributed by atoms with van der Waals surface area (Å²) >= 11 is 0. The highest BCUT2D eigenvalue weighted by atomic mass is 19.1. The van der Waals surface area contributed by atoms with E-state index in [0.717, 1.165) is 24.2 Å². The Hall–Kier alpha value is -1.95. The molecule has 0 aliphatic heterocycles. The fourth-order valence-corrected chi connectivity index (χ4v) is 2.49. The van der Waals surface area contributed by atoms with Crippen molar-refractivity contribution >= 4 is 11.6 Å². The maximum absolute atomic E-state index is 13.6. The summed E-state index contributed by atoms with van der Waals surface area (Å²) in [6, 6.07) is 1.55. The van der Waals surface area contributed by atoms with Gasteiger partial charge in [-0.3, -0.25) is 4.40 Å². The Morgan fingerprint density at radius 1 is 1.55 bits per heavy atom. The smallest absolute Gasteiger partial charge is 0.339 e. The molecular weight excluding hydrogens is 261 g/mol. The van der Waals surface area contributed by atoms with Crippen LogP contribution < -0.4 is 5.32 Å². The molecule has 0 bridgehead atoms. The highest BCUT2D eigenvalue weighted by molar-refractivity contribution is 5.94. The monoisotopic (exact) mass is 277 g/mol. The number of carboxylic acids is 1. The molecule has 3 rings (SSSR count). The number of carboxylic acid groups (broad SMARTS) is 1. The highest BCUT2D eigenvalue weighted by Gasteiger charge is 2.17. The van der Waals surface area contributed by atoms with Crippen molar-refractivity contribution in [3.05, 3.63) is 35.5 Å². The van der Waals surface area contributed by atoms with Crippen LogP contribution in [0.1, 0.15) is 35.2 Å². The van der Waals surface area contributed by atoms with Crippen molar-refractivity contribution in [3.8, 4) is 0 Å². The van der Waals surface area contributed by atoms with Gasteiger partial charge in [0.25, 0.3) is 0 Å². The molecule has 1 aliphatic carbocycles. The van der Waals surface area contributed by atoms with Crippen LogP contribution in [0.2, 0.25) is 0 Å². The van der Waals surface area contributed by atoms with Gasteiger partial charge in [0.1, 0.15) is 5.56 Å². The lowest BCUT2D eigenvalue weighted by Gasteiger charge is -2.25. The maximum Gasteiger partial charge on any atom is 0.339 e. The van der Waals surface area contributed by atoms with Gasteiger partial charge in [0.2, 0.25) is 5.95 Å². The molecule has 20 heavy (non-hydrogen) atoms. The van der Waals surface area contributed by atoms with Crippen molar-refractivity contribution in [1.82, 2.24) is 14.7 Å². The molecule has 0 spiro atoms. The Labute approximate surface area is 115 Å². The molecule has 2 N–H and O–H groups in total. The Bertz CT molecular complexity index is 649. The van der Waals surface area contributed by atoms with E-state index < -0.39 is 11.9 Å². The van der Waals surface area contributed by atoms with Crippen LogP contribution in [0.3, 0.4) is 0 Å². The number of aromatic carboxylic acids is 1. The van der Waals surface area contributed by atoms with Crippen LogP contribution >= 0.6 is 0 Å². The first-order chi connectivity index (χ1) is 9.65. The molecule has 5 nitrogen and oxygen atoms in total. The predicted octanol–water partition coefficient (Wildman–Crippen LogP) is 2.06. The summed E-state index contributed by atoms with van der Waals surface area (Å²) in [6.45, 7) is 1.46. The van der Waals surface area contributed by atoms with E-state index in [1.54, 1.807) is 12.3 Å². The zero-order valence-corrected chi connectivity index (χ0v) is 11.0. The normalized spacial score (nSPS) is 15.4. The van der Waals surface area contributed by atoms with Crippen molar-refractivity contribution in [2.75, 3.05) is 6.54 Å². The number of halogens is 1. The standard InChI is InChI=1S/C14H16FN3O2/c15-12-7-17-13-11(14(19)20)4-10(8-18(12)13)6-16-5-9-2-1-3-9/h4,7-9,16H,1-3,5-6H2,(H,19,20). The van der Waals surface area contributed by atoms with E-state index in [-0.39, 0.29) is 11.2 Å². The van der Waals surface area contributed by atoms with E-state index in [4.69, 9.17) is 0 Å². The first-order valence-electron chi connectivity index (χ1n) is 6.74. The lowest BCUT2D eigenvalue weighted by molar-refractivity contribution is 0.0698. The predicted molar refractivity (Wildman–Crippen MR) is 71.2 cm³/mol. The number of carbonyl (C=O) groups is 1. The van der Waals surface area contributed by atoms with Crippen LogP contribution in [-0.2, 0) is 6.54 Å². The number of pyridine rings is 1. The van der Waals surface area contributed by atoms with E-state index in [9.17, 15) is 14.3 Å². The van der Waals surface area contributed by atoms with Gasteiger partial charge in [-0.05, 0) is 36.9 Å². The number of imidazole rings is 1. The number of rotatable bonds is 5. The van der Waals surface area contributed by atoms with Crippen molar-refractivity contribution in [2.45, 2.75) is 25.8 Å². The molecule has 1 saturated carbocycles. The van der Waals surface area contributed by atoms with E-state index >= 15 is 0 Å². The number of nitrogens with zero attached hydrogens (tertiary/aromatic N) is 2. The average Bonchev–Trinajstić information content (AvgIpc) is 2.73. The van der Waals surface area contributed by atoms with Crippen LogP contribution in [0.15, 0.2) is 18.5 Å². The first-order valence-corrected chi connectivity index (χ1v) is 6.74. The SMILES string of the molecule is O=C(O)c1cc(CNCC2CCC2)cn2c(F)cnc12. The number of hydrogen-bond acceptors (Lipinski definition) is 3. The molecule has 0 saturated heterocycles. The zero-order chi connectivity index (χ0) is 14.1. The minimum absolute atomic E-state index is 0.0249. The third-order valence-corrected chi connectivity index (χ3v) is 3.83. The molecule has 0 unspecified atom stereocenters. The Balaban J connectivity index is 1.82. The van der Waals surface area contributed by atoms with Gasteiger partial charge in [-0.15, -0.1) is 0 Å². The van der Waals surface area contributed by atoms with E-state index in [0.29, 0.717) is 6.54 Å². The molecule has 0 atom stereocenters. The number of aromatic nitrogens is 2. The number of hydrogen-bond donors (Lipinski definition) is 2. The van der Waals surface area contributed by atoms with Gasteiger partial charge in [-0.25, -0.2) is 9.78 Å². The van der Waals surface area contributed by atoms with Crippen LogP contribution in [0.5, 0.6) is 0 Å². The van der Waals surface area contributed by atoms with Crippen LogP contribution in [0.25, 0.3) is 5.65 Å². The molecule has 2 heterocycles. The first kappa shape index (κ1) is 13.1. The molecular formula is C14H16FN3O2. The Morgan fingerprint density at radius 2 is 2.35 bits per heavy atom. The molecule has 0 amide bonds. The van der Waals surface area contributed by atoms with Gasteiger partial charge < -0.3 is 10.4 Å². The summed E-state index contributed by atoms with van der Waals surface area (Å²) in [7, 11) is 0. The third kappa shape index (κ3) is 2.38. The zero-order valence-electron chi connectivity index (χ0n) is 11.0. The quantitative estimate of drug-likeness (QED) is 0.878. The van der Waals surface area contributed by atoms with Crippen LogP contribution in [0, 0.1) is 11.9 Å². The maximum atomic E-state index is 13.6. The third-order valence-electron chi connectivity index (χ3n) is 3.83. The van der Waals surface area contributed by atoms with E-state index in [1.807, 2.05) is 0 Å². The van der Waals surface area contributed by atoms with Crippen LogP contribution in [-0.4, -0.2) is 27.0 Å². The van der Waals surface area contributed by atoms with Gasteiger partial charge in [0.05, 0.1) is 6.20 Å². The van der Waals surface area contributed by atoms with Crippen molar-refractivity contribution < 1.29 is 14.3 Å². The second-order valence-corrected chi connectivity index (χ2v) is 5.27. The van der Waals surface area contributed by atoms with Gasteiger partial charge in [-0.2, -0.15) is 4.39 Å². The van der Waals surface area contributed by atoms with Crippen molar-refractivity contribution in [2.24, 2.45) is 5.92 Å². The lowest BCUT2D eigenvalue weighted by atomic mass is 9.85. The van der Waals surface area contributed by atoms with Crippen molar-refractivity contribution in [1.29, 1.82) is 0 Å². The summed E-state index contributed by atoms with van der Waals surface area (Å²) < 4.78 is 14.8. The minimum atomic E-state index is -1.10. The minimum Gasteiger partial charge on any atom is -0.478 e. The molecule has 6 heteroatoms. The number of nitrogens with one attached hydrogen (secondary N) is 1. The molecule has 2 aromatic heterocycles. The average molecular weight is 277 g/mol. The second kappa shape index (κ2) is 5.20. The molecule has 106 valence electrons. The van der Waals surface area contributed by atoms with Gasteiger partial charge in [-0.1, -0.05) is 6.42 Å². The number of fused-ring (bicyclic) bond motifs is 1. The molecule has 0 aromatic carbocycles. The fourth-order valence-electron chi connectivity index (χ4n) is 2.49. The molecule has 1 aliphatic rings. The van der Waals surface area contributed by atoms with E-state index in [1.165, 1.54) is 23.7 Å². The molecule has 0 radical (unpaired) electrons. The highest BCUT2D eigenvalue weighted by Crippen LogP contribution is 2.25. The van der Waals surface area contributed by atoms with Gasteiger partial charge in [0.15, 0.2) is 5.65 Å². The largest absolute Gasteiger partial charge is 0.478 e. The summed E-state index contributed by atoms with van der Waals surface area (Å²) in [6.07, 6.45) is 6.43. The molecule has 1 fully saturated rings. The van der Waals surface area contributed by atoms with Crippen molar-refractivity contribution in [3.63, 3.8) is 0 Å². The van der Waals surface area contributed by atoms with Gasteiger partial charge >= 0.3 is 5.97 Å². The van der Waals surface area contributed by atoms with E-state index in [2.05, 4.69) is 10.3 Å². The summed E-state index contributed by atoms with van der Waals surface area (Å²) in [5.41, 5.74) is 0.903. The summed E-state index contributed by atoms with van der Waals surface area (Å²) in [5.74, 6) is -0.924. The second-order valence-electron chi connectivity index (χ2n) is 5.27. The van der Waals surface area contributed by atoms with Gasteiger partial charge in [0, 0.05) is 12.7 Å². The molecule has 2 aromatic rings. The Kier molecular flexibility index (Phi) is 3.40. The lowest BCUT2D eigenvalue weighted by Crippen LogP contribution is -2.27. The van der Waals surface area contributed by atoms with Crippen LogP contribution in [0.4, 0.5) is 4.39 Å². The Morgan fingerprint density at radius 3 is 3.00 bits per heavy atom. The topological polar surface area (TPSA) is 66.6 Å². The summed E-state index contributed by atoms with van der Waals surface area (Å²) in [5, 5.41) is 12.5. The summed E-state index contributed by atoms with van der Waals surface area (Å²) in [4.78, 5) is 15.0. The fraction of sp³-hybridized carbons (Fsp3) is 0.429.